The molecule has 2 aromatic rings. The van der Waals surface area contributed by atoms with Crippen LogP contribution in [-0.4, -0.2) is 23.0 Å². The van der Waals surface area contributed by atoms with Crippen molar-refractivity contribution in [2.45, 2.75) is 6.42 Å². The van der Waals surface area contributed by atoms with Crippen LogP contribution in [0.4, 0.5) is 0 Å². The Bertz CT molecular complexity index is 436. The summed E-state index contributed by atoms with van der Waals surface area (Å²) in [4.78, 5) is 4.22. The first-order chi connectivity index (χ1) is 6.83. The van der Waals surface area contributed by atoms with Crippen LogP contribution in [0, 0.1) is 0 Å². The van der Waals surface area contributed by atoms with Gasteiger partial charge in [0.1, 0.15) is 10.9 Å². The summed E-state index contributed by atoms with van der Waals surface area (Å²) in [5, 5.41) is 3.15. The molecule has 74 valence electrons. The lowest BCUT2D eigenvalue weighted by Crippen LogP contribution is -2.10. The van der Waals surface area contributed by atoms with E-state index in [2.05, 4.69) is 32.3 Å². The van der Waals surface area contributed by atoms with Gasteiger partial charge < -0.3 is 9.72 Å². The number of nitrogens with one attached hydrogen (secondary N) is 1. The summed E-state index contributed by atoms with van der Waals surface area (Å²) in [6.45, 7) is 0.983. The van der Waals surface area contributed by atoms with Crippen LogP contribution in [0.5, 0.6) is 0 Å². The molecule has 0 radical (unpaired) electrons. The molecule has 0 saturated heterocycles. The van der Waals surface area contributed by atoms with E-state index in [1.807, 2.05) is 30.0 Å². The molecule has 0 aromatic carbocycles. The highest BCUT2D eigenvalue weighted by atomic mass is 79.9. The molecule has 0 unspecified atom stereocenters. The second-order valence-corrected chi connectivity index (χ2v) is 3.93. The van der Waals surface area contributed by atoms with Crippen LogP contribution in [0.15, 0.2) is 29.3 Å². The van der Waals surface area contributed by atoms with Crippen molar-refractivity contribution in [3.8, 4) is 0 Å². The van der Waals surface area contributed by atoms with E-state index in [1.54, 1.807) is 0 Å². The molecule has 2 aromatic heterocycles. The van der Waals surface area contributed by atoms with Gasteiger partial charge in [-0.15, -0.1) is 0 Å². The summed E-state index contributed by atoms with van der Waals surface area (Å²) in [5.41, 5.74) is 2.48. The summed E-state index contributed by atoms with van der Waals surface area (Å²) in [6, 6.07) is 4.19. The van der Waals surface area contributed by atoms with E-state index in [0.717, 1.165) is 17.6 Å². The average Bonchev–Trinajstić information content (AvgIpc) is 2.58. The van der Waals surface area contributed by atoms with Gasteiger partial charge in [0, 0.05) is 6.20 Å². The first kappa shape index (κ1) is 9.68. The van der Waals surface area contributed by atoms with E-state index in [-0.39, 0.29) is 0 Å². The number of likely N-dealkylation sites (N-methyl/N-ethyl adjacent to an activating group) is 1. The summed E-state index contributed by atoms with van der Waals surface area (Å²) in [5.74, 6) is 0. The first-order valence-corrected chi connectivity index (χ1v) is 5.37. The number of imidazole rings is 1. The standard InChI is InChI=1S/C10H12BrN3/c1-12-5-4-8-3-2-6-14-7-13-10(11)9(8)14/h2-3,6-7,12H,4-5H2,1H3. The molecule has 0 amide bonds. The van der Waals surface area contributed by atoms with Crippen molar-refractivity contribution < 1.29 is 0 Å². The molecule has 0 aliphatic carbocycles. The van der Waals surface area contributed by atoms with Crippen molar-refractivity contribution in [3.63, 3.8) is 0 Å². The third kappa shape index (κ3) is 1.67. The number of fused-ring (bicyclic) bond motifs is 1. The molecular weight excluding hydrogens is 242 g/mol. The minimum Gasteiger partial charge on any atom is -0.319 e. The summed E-state index contributed by atoms with van der Waals surface area (Å²) < 4.78 is 2.96. The molecule has 0 fully saturated rings. The molecule has 0 bridgehead atoms. The SMILES string of the molecule is CNCCc1cccn2cnc(Br)c12. The topological polar surface area (TPSA) is 29.3 Å². The molecule has 0 aliphatic rings. The van der Waals surface area contributed by atoms with E-state index in [1.165, 1.54) is 11.1 Å². The lowest BCUT2D eigenvalue weighted by molar-refractivity contribution is 0.792. The molecule has 4 heteroatoms. The van der Waals surface area contributed by atoms with Crippen molar-refractivity contribution in [3.05, 3.63) is 34.8 Å². The second-order valence-electron chi connectivity index (χ2n) is 3.18. The van der Waals surface area contributed by atoms with Gasteiger partial charge in [-0.25, -0.2) is 4.98 Å². The summed E-state index contributed by atoms with van der Waals surface area (Å²) >= 11 is 3.46. The van der Waals surface area contributed by atoms with Crippen molar-refractivity contribution in [2.24, 2.45) is 0 Å². The first-order valence-electron chi connectivity index (χ1n) is 4.57. The predicted molar refractivity (Wildman–Crippen MR) is 60.5 cm³/mol. The van der Waals surface area contributed by atoms with E-state index in [4.69, 9.17) is 0 Å². The number of nitrogens with zero attached hydrogens (tertiary/aromatic N) is 2. The zero-order valence-electron chi connectivity index (χ0n) is 8.00. The normalized spacial score (nSPS) is 11.0. The van der Waals surface area contributed by atoms with Crippen molar-refractivity contribution >= 4 is 21.4 Å². The number of rotatable bonds is 3. The zero-order valence-corrected chi connectivity index (χ0v) is 9.58. The molecule has 0 saturated carbocycles. The second kappa shape index (κ2) is 4.11. The monoisotopic (exact) mass is 253 g/mol. The molecule has 0 aliphatic heterocycles. The fraction of sp³-hybridized carbons (Fsp3) is 0.300. The van der Waals surface area contributed by atoms with E-state index >= 15 is 0 Å². The van der Waals surface area contributed by atoms with Crippen LogP contribution < -0.4 is 5.32 Å². The molecular formula is C10H12BrN3. The van der Waals surface area contributed by atoms with Crippen LogP contribution in [0.3, 0.4) is 0 Å². The fourth-order valence-electron chi connectivity index (χ4n) is 1.54. The Balaban J connectivity index is 2.46. The van der Waals surface area contributed by atoms with Crippen LogP contribution in [0.1, 0.15) is 5.56 Å². The predicted octanol–water partition coefficient (Wildman–Crippen LogP) is 1.86. The number of hydrogen-bond acceptors (Lipinski definition) is 2. The van der Waals surface area contributed by atoms with Crippen molar-refractivity contribution in [2.75, 3.05) is 13.6 Å². The van der Waals surface area contributed by atoms with Crippen LogP contribution >= 0.6 is 15.9 Å². The van der Waals surface area contributed by atoms with Crippen molar-refractivity contribution in [1.82, 2.24) is 14.7 Å². The molecule has 0 spiro atoms. The lowest BCUT2D eigenvalue weighted by atomic mass is 10.2. The van der Waals surface area contributed by atoms with Gasteiger partial charge in [-0.3, -0.25) is 0 Å². The summed E-state index contributed by atoms with van der Waals surface area (Å²) in [6.07, 6.45) is 4.85. The Morgan fingerprint density at radius 3 is 3.21 bits per heavy atom. The minimum atomic E-state index is 0.921. The molecule has 0 atom stereocenters. The van der Waals surface area contributed by atoms with Gasteiger partial charge in [0.05, 0.1) is 5.52 Å². The lowest BCUT2D eigenvalue weighted by Gasteiger charge is -2.03. The maximum Gasteiger partial charge on any atom is 0.132 e. The molecule has 1 N–H and O–H groups in total. The van der Waals surface area contributed by atoms with E-state index < -0.39 is 0 Å². The largest absolute Gasteiger partial charge is 0.319 e. The number of pyridine rings is 1. The van der Waals surface area contributed by atoms with Crippen molar-refractivity contribution in [1.29, 1.82) is 0 Å². The Morgan fingerprint density at radius 2 is 2.43 bits per heavy atom. The van der Waals surface area contributed by atoms with Gasteiger partial charge in [0.2, 0.25) is 0 Å². The Hall–Kier alpha value is -0.870. The maximum atomic E-state index is 4.22. The quantitative estimate of drug-likeness (QED) is 0.905. The molecule has 14 heavy (non-hydrogen) atoms. The highest BCUT2D eigenvalue weighted by Crippen LogP contribution is 2.20. The maximum absolute atomic E-state index is 4.22. The molecule has 3 nitrogen and oxygen atoms in total. The van der Waals surface area contributed by atoms with Crippen LogP contribution in [0.2, 0.25) is 0 Å². The van der Waals surface area contributed by atoms with Gasteiger partial charge >= 0.3 is 0 Å². The van der Waals surface area contributed by atoms with Gasteiger partial charge in [-0.05, 0) is 47.6 Å². The van der Waals surface area contributed by atoms with Crippen LogP contribution in [-0.2, 0) is 6.42 Å². The smallest absolute Gasteiger partial charge is 0.132 e. The Kier molecular flexibility index (Phi) is 2.84. The third-order valence-electron chi connectivity index (χ3n) is 2.24. The third-order valence-corrected chi connectivity index (χ3v) is 2.82. The molecule has 2 rings (SSSR count). The Morgan fingerprint density at radius 1 is 1.57 bits per heavy atom. The Labute approximate surface area is 91.3 Å². The van der Waals surface area contributed by atoms with Gasteiger partial charge in [0.15, 0.2) is 0 Å². The zero-order chi connectivity index (χ0) is 9.97. The van der Waals surface area contributed by atoms with E-state index in [9.17, 15) is 0 Å². The number of hydrogen-bond donors (Lipinski definition) is 1. The average molecular weight is 254 g/mol. The fourth-order valence-corrected chi connectivity index (χ4v) is 2.09. The minimum absolute atomic E-state index is 0.921. The molecule has 2 heterocycles. The highest BCUT2D eigenvalue weighted by molar-refractivity contribution is 9.10. The highest BCUT2D eigenvalue weighted by Gasteiger charge is 2.05. The van der Waals surface area contributed by atoms with Gasteiger partial charge in [-0.2, -0.15) is 0 Å². The van der Waals surface area contributed by atoms with Gasteiger partial charge in [0.25, 0.3) is 0 Å². The number of aromatic nitrogens is 2. The number of halogens is 1. The van der Waals surface area contributed by atoms with E-state index in [0.29, 0.717) is 0 Å². The van der Waals surface area contributed by atoms with Gasteiger partial charge in [-0.1, -0.05) is 6.07 Å². The van der Waals surface area contributed by atoms with Crippen LogP contribution in [0.25, 0.3) is 5.52 Å². The summed E-state index contributed by atoms with van der Waals surface area (Å²) in [7, 11) is 1.96.